The Bertz CT molecular complexity index is 1540. The maximum atomic E-state index is 14.3. The van der Waals surface area contributed by atoms with Gasteiger partial charge >= 0.3 is 12.1 Å². The second-order valence-corrected chi connectivity index (χ2v) is 15.6. The van der Waals surface area contributed by atoms with Gasteiger partial charge in [-0.3, -0.25) is 0 Å². The predicted octanol–water partition coefficient (Wildman–Crippen LogP) is 2.94. The minimum atomic E-state index is -4.18. The highest BCUT2D eigenvalue weighted by Crippen LogP contribution is 2.36. The average Bonchev–Trinajstić information content (AvgIpc) is 3.81. The molecule has 0 bridgehead atoms. The lowest BCUT2D eigenvalue weighted by Gasteiger charge is -2.35. The van der Waals surface area contributed by atoms with Crippen molar-refractivity contribution in [3.05, 3.63) is 54.1 Å². The lowest BCUT2D eigenvalue weighted by molar-refractivity contribution is -0.0907. The third-order valence-electron chi connectivity index (χ3n) is 9.00. The van der Waals surface area contributed by atoms with E-state index in [1.807, 2.05) is 44.2 Å². The number of hydrogen-bond acceptors (Lipinski definition) is 10. The minimum Gasteiger partial charge on any atom is -0.454 e. The lowest BCUT2D eigenvalue weighted by atomic mass is 9.87. The first kappa shape index (κ1) is 36.6. The number of sulfonamides is 1. The van der Waals surface area contributed by atoms with Crippen LogP contribution in [0.5, 0.6) is 11.5 Å². The van der Waals surface area contributed by atoms with Crippen molar-refractivity contribution in [1.82, 2.24) is 19.8 Å². The Labute approximate surface area is 288 Å². The summed E-state index contributed by atoms with van der Waals surface area (Å²) >= 11 is 0. The van der Waals surface area contributed by atoms with Crippen LogP contribution in [0.1, 0.15) is 38.7 Å². The molecule has 0 aromatic heterocycles. The second kappa shape index (κ2) is 15.9. The molecule has 3 aliphatic heterocycles. The largest absolute Gasteiger partial charge is 0.454 e. The van der Waals surface area contributed by atoms with Gasteiger partial charge in [0.1, 0.15) is 6.10 Å². The maximum Gasteiger partial charge on any atom is 0.407 e. The molecule has 3 amide bonds. The van der Waals surface area contributed by atoms with Gasteiger partial charge in [0.05, 0.1) is 36.2 Å². The Hall–Kier alpha value is -3.63. The normalized spacial score (nSPS) is 21.2. The van der Waals surface area contributed by atoms with Gasteiger partial charge in [-0.15, -0.1) is 0 Å². The monoisotopic (exact) mass is 704 g/mol. The van der Waals surface area contributed by atoms with Gasteiger partial charge in [-0.05, 0) is 48.8 Å². The van der Waals surface area contributed by atoms with Crippen LogP contribution in [0.25, 0.3) is 0 Å². The molecule has 3 heterocycles. The SMILES string of the molecule is CN(C)C(=O)NCCCC(C)(C)CN(C[C@@H](O)[C@H](Cc1ccccc1)NC(=O)O[C@H]1CO[C@H]2OCC[C@H]21)S(=O)(=O)c1ccc2c(c1)OCO2. The van der Waals surface area contributed by atoms with E-state index in [0.717, 1.165) is 5.56 Å². The Morgan fingerprint density at radius 3 is 2.59 bits per heavy atom. The first-order valence-electron chi connectivity index (χ1n) is 16.6. The van der Waals surface area contributed by atoms with Crippen molar-refractivity contribution >= 4 is 22.1 Å². The number of aliphatic hydroxyl groups excluding tert-OH is 1. The fraction of sp³-hybridized carbons (Fsp3) is 0.588. The number of amides is 3. The number of alkyl carbamates (subject to hydrolysis) is 1. The zero-order chi connectivity index (χ0) is 35.2. The van der Waals surface area contributed by atoms with Crippen LogP contribution >= 0.6 is 0 Å². The molecule has 2 aromatic rings. The summed E-state index contributed by atoms with van der Waals surface area (Å²) in [5.41, 5.74) is 0.279. The Balaban J connectivity index is 1.35. The van der Waals surface area contributed by atoms with E-state index in [1.165, 1.54) is 21.3 Å². The third-order valence-corrected chi connectivity index (χ3v) is 10.8. The van der Waals surface area contributed by atoms with Crippen LogP contribution in [-0.4, -0.2) is 113 Å². The highest BCUT2D eigenvalue weighted by Gasteiger charge is 2.44. The van der Waals surface area contributed by atoms with Gasteiger partial charge in [0.2, 0.25) is 16.8 Å². The van der Waals surface area contributed by atoms with Crippen molar-refractivity contribution in [2.24, 2.45) is 11.3 Å². The number of nitrogens with zero attached hydrogens (tertiary/aromatic N) is 2. The number of urea groups is 1. The number of benzene rings is 2. The van der Waals surface area contributed by atoms with E-state index in [1.54, 1.807) is 20.2 Å². The number of nitrogens with one attached hydrogen (secondary N) is 2. The van der Waals surface area contributed by atoms with Crippen molar-refractivity contribution in [2.75, 3.05) is 53.7 Å². The summed E-state index contributed by atoms with van der Waals surface area (Å²) in [5, 5.41) is 17.4. The molecule has 0 aliphatic carbocycles. The Morgan fingerprint density at radius 2 is 1.84 bits per heavy atom. The summed E-state index contributed by atoms with van der Waals surface area (Å²) in [6.07, 6.45) is -0.824. The van der Waals surface area contributed by atoms with Crippen molar-refractivity contribution in [1.29, 1.82) is 0 Å². The van der Waals surface area contributed by atoms with Gasteiger partial charge in [0.15, 0.2) is 17.8 Å². The number of ether oxygens (including phenoxy) is 5. The number of hydrogen-bond donors (Lipinski definition) is 3. The first-order valence-corrected chi connectivity index (χ1v) is 18.0. The number of aliphatic hydroxyl groups is 1. The van der Waals surface area contributed by atoms with Crippen LogP contribution in [0, 0.1) is 11.3 Å². The van der Waals surface area contributed by atoms with Crippen LogP contribution in [-0.2, 0) is 30.7 Å². The Kier molecular flexibility index (Phi) is 11.9. The molecule has 2 saturated heterocycles. The van der Waals surface area contributed by atoms with Gasteiger partial charge in [-0.2, -0.15) is 4.31 Å². The van der Waals surface area contributed by atoms with E-state index in [-0.39, 0.29) is 49.8 Å². The van der Waals surface area contributed by atoms with Gasteiger partial charge in [-0.25, -0.2) is 18.0 Å². The number of carbonyl (C=O) groups excluding carboxylic acids is 2. The molecule has 15 heteroatoms. The van der Waals surface area contributed by atoms with E-state index < -0.39 is 46.1 Å². The van der Waals surface area contributed by atoms with E-state index in [9.17, 15) is 23.1 Å². The molecular formula is C34H48N4O10S. The van der Waals surface area contributed by atoms with Crippen molar-refractivity contribution in [3.63, 3.8) is 0 Å². The summed E-state index contributed by atoms with van der Waals surface area (Å²) in [6, 6.07) is 12.6. The molecule has 49 heavy (non-hydrogen) atoms. The number of fused-ring (bicyclic) bond motifs is 2. The average molecular weight is 705 g/mol. The zero-order valence-electron chi connectivity index (χ0n) is 28.5. The molecule has 0 saturated carbocycles. The van der Waals surface area contributed by atoms with E-state index in [4.69, 9.17) is 23.7 Å². The van der Waals surface area contributed by atoms with E-state index in [2.05, 4.69) is 10.6 Å². The smallest absolute Gasteiger partial charge is 0.407 e. The highest BCUT2D eigenvalue weighted by molar-refractivity contribution is 7.89. The molecule has 0 spiro atoms. The summed E-state index contributed by atoms with van der Waals surface area (Å²) in [6.45, 7) is 4.76. The first-order chi connectivity index (χ1) is 23.3. The molecule has 3 aliphatic rings. The minimum absolute atomic E-state index is 0.0109. The van der Waals surface area contributed by atoms with Gasteiger partial charge in [0, 0.05) is 39.8 Å². The molecule has 2 fully saturated rings. The highest BCUT2D eigenvalue weighted by atomic mass is 32.2. The number of carbonyl (C=O) groups is 2. The van der Waals surface area contributed by atoms with Crippen LogP contribution < -0.4 is 20.1 Å². The van der Waals surface area contributed by atoms with Crippen LogP contribution in [0.3, 0.4) is 0 Å². The summed E-state index contributed by atoms with van der Waals surface area (Å²) in [5.74, 6) is 0.693. The molecular weight excluding hydrogens is 656 g/mol. The summed E-state index contributed by atoms with van der Waals surface area (Å²) < 4.78 is 57.6. The molecule has 0 unspecified atom stereocenters. The molecule has 3 N–H and O–H groups in total. The van der Waals surface area contributed by atoms with Crippen molar-refractivity contribution in [2.45, 2.75) is 69.0 Å². The topological polar surface area (TPSA) is 165 Å². The summed E-state index contributed by atoms with van der Waals surface area (Å²) in [7, 11) is -0.865. The second-order valence-electron chi connectivity index (χ2n) is 13.7. The van der Waals surface area contributed by atoms with Gasteiger partial charge < -0.3 is 44.3 Å². The predicted molar refractivity (Wildman–Crippen MR) is 179 cm³/mol. The van der Waals surface area contributed by atoms with E-state index in [0.29, 0.717) is 43.9 Å². The fourth-order valence-corrected chi connectivity index (χ4v) is 7.93. The third kappa shape index (κ3) is 9.54. The zero-order valence-corrected chi connectivity index (χ0v) is 29.3. The van der Waals surface area contributed by atoms with Crippen LogP contribution in [0.4, 0.5) is 9.59 Å². The molecule has 270 valence electrons. The van der Waals surface area contributed by atoms with Crippen LogP contribution in [0.2, 0.25) is 0 Å². The maximum absolute atomic E-state index is 14.3. The van der Waals surface area contributed by atoms with Gasteiger partial charge in [-0.1, -0.05) is 44.2 Å². The van der Waals surface area contributed by atoms with Crippen molar-refractivity contribution < 1.29 is 46.8 Å². The molecule has 14 nitrogen and oxygen atoms in total. The Morgan fingerprint density at radius 1 is 1.08 bits per heavy atom. The lowest BCUT2D eigenvalue weighted by Crippen LogP contribution is -2.52. The fourth-order valence-electron chi connectivity index (χ4n) is 6.27. The number of rotatable bonds is 15. The van der Waals surface area contributed by atoms with Crippen molar-refractivity contribution in [3.8, 4) is 11.5 Å². The molecule has 0 radical (unpaired) electrons. The molecule has 2 aromatic carbocycles. The van der Waals surface area contributed by atoms with Crippen LogP contribution in [0.15, 0.2) is 53.4 Å². The quantitative estimate of drug-likeness (QED) is 0.235. The standard InChI is InChI=1S/C34H48N4O10S/c1-34(2,14-8-15-35-32(40)37(3)4)21-38(49(42,43)24-11-12-28-29(18-24)47-22-46-28)19-27(39)26(17-23-9-6-5-7-10-23)36-33(41)48-30-20-45-31-25(30)13-16-44-31/h5-7,9-12,18,25-27,30-31,39H,8,13-17,19-22H2,1-4H3,(H,35,40)(H,36,41)/t25-,26-,27+,30-,31+/m0/s1. The van der Waals surface area contributed by atoms with Gasteiger partial charge in [0.25, 0.3) is 0 Å². The molecule has 5 atom stereocenters. The summed E-state index contributed by atoms with van der Waals surface area (Å²) in [4.78, 5) is 26.7. The molecule has 5 rings (SSSR count). The van der Waals surface area contributed by atoms with E-state index >= 15 is 0 Å².